The fourth-order valence-corrected chi connectivity index (χ4v) is 2.80. The molecule has 1 aromatic heterocycles. The van der Waals surface area contributed by atoms with E-state index in [0.717, 1.165) is 25.0 Å². The number of hydrogen-bond acceptors (Lipinski definition) is 3. The number of aromatic nitrogens is 3. The number of rotatable bonds is 6. The fraction of sp³-hybridized carbons (Fsp3) is 0.846. The van der Waals surface area contributed by atoms with Crippen LogP contribution in [0.4, 0.5) is 0 Å². The Labute approximate surface area is 104 Å². The summed E-state index contributed by atoms with van der Waals surface area (Å²) >= 11 is 0. The molecular formula is C13H24N4. The zero-order valence-electron chi connectivity index (χ0n) is 10.8. The van der Waals surface area contributed by atoms with Gasteiger partial charge in [0.15, 0.2) is 0 Å². The maximum Gasteiger partial charge on any atom is 0.0692 e. The maximum absolute atomic E-state index is 3.96. The van der Waals surface area contributed by atoms with Crippen molar-refractivity contribution in [2.24, 2.45) is 5.92 Å². The molecule has 4 heteroatoms. The molecular weight excluding hydrogens is 212 g/mol. The zero-order valence-corrected chi connectivity index (χ0v) is 10.8. The van der Waals surface area contributed by atoms with Crippen LogP contribution in [0.25, 0.3) is 0 Å². The van der Waals surface area contributed by atoms with E-state index in [1.165, 1.54) is 38.5 Å². The van der Waals surface area contributed by atoms with Crippen LogP contribution < -0.4 is 5.32 Å². The molecule has 1 saturated carbocycles. The highest BCUT2D eigenvalue weighted by Gasteiger charge is 2.19. The van der Waals surface area contributed by atoms with Crippen LogP contribution in [0, 0.1) is 5.92 Å². The highest BCUT2D eigenvalue weighted by Crippen LogP contribution is 2.27. The minimum atomic E-state index is 0.728. The lowest BCUT2D eigenvalue weighted by Crippen LogP contribution is -2.35. The van der Waals surface area contributed by atoms with Gasteiger partial charge in [-0.05, 0) is 31.6 Å². The van der Waals surface area contributed by atoms with Gasteiger partial charge in [-0.3, -0.25) is 4.68 Å². The molecule has 1 aromatic rings. The van der Waals surface area contributed by atoms with Crippen molar-refractivity contribution in [1.29, 1.82) is 0 Å². The summed E-state index contributed by atoms with van der Waals surface area (Å²) in [5.74, 6) is 0.994. The van der Waals surface area contributed by atoms with Crippen molar-refractivity contribution in [2.45, 2.75) is 58.0 Å². The molecule has 0 aliphatic heterocycles. The minimum Gasteiger partial charge on any atom is -0.312 e. The van der Waals surface area contributed by atoms with E-state index in [-0.39, 0.29) is 0 Å². The molecule has 1 fully saturated rings. The first-order valence-corrected chi connectivity index (χ1v) is 6.96. The predicted molar refractivity (Wildman–Crippen MR) is 68.7 cm³/mol. The Morgan fingerprint density at radius 1 is 1.29 bits per heavy atom. The first kappa shape index (κ1) is 12.6. The van der Waals surface area contributed by atoms with Gasteiger partial charge in [-0.1, -0.05) is 25.0 Å². The standard InChI is InChI=1S/C13H24N4/c1-2-3-12-4-6-13(7-5-12)14-8-10-17-11-9-15-16-17/h9,11-14H,2-8,10H2,1H3. The quantitative estimate of drug-likeness (QED) is 0.823. The van der Waals surface area contributed by atoms with Crippen LogP contribution in [0.15, 0.2) is 12.4 Å². The molecule has 4 nitrogen and oxygen atoms in total. The summed E-state index contributed by atoms with van der Waals surface area (Å²) in [6.45, 7) is 4.23. The molecule has 0 radical (unpaired) electrons. The van der Waals surface area contributed by atoms with Crippen LogP contribution in [0.1, 0.15) is 45.4 Å². The molecule has 0 saturated heterocycles. The molecule has 1 aliphatic carbocycles. The van der Waals surface area contributed by atoms with E-state index in [4.69, 9.17) is 0 Å². The summed E-state index contributed by atoms with van der Waals surface area (Å²) in [6, 6.07) is 0.728. The smallest absolute Gasteiger partial charge is 0.0692 e. The molecule has 0 atom stereocenters. The third-order valence-corrected chi connectivity index (χ3v) is 3.79. The molecule has 1 aliphatic rings. The normalized spacial score (nSPS) is 25.0. The Balaban J connectivity index is 1.58. The van der Waals surface area contributed by atoms with Gasteiger partial charge in [0.2, 0.25) is 0 Å². The van der Waals surface area contributed by atoms with Crippen molar-refractivity contribution < 1.29 is 0 Å². The van der Waals surface area contributed by atoms with E-state index in [1.54, 1.807) is 6.20 Å². The second-order valence-electron chi connectivity index (χ2n) is 5.13. The first-order chi connectivity index (χ1) is 8.38. The van der Waals surface area contributed by atoms with Gasteiger partial charge in [-0.25, -0.2) is 0 Å². The molecule has 1 N–H and O–H groups in total. The van der Waals surface area contributed by atoms with Gasteiger partial charge in [-0.2, -0.15) is 0 Å². The highest BCUT2D eigenvalue weighted by atomic mass is 15.4. The monoisotopic (exact) mass is 236 g/mol. The molecule has 0 spiro atoms. The Kier molecular flexibility index (Phi) is 4.98. The van der Waals surface area contributed by atoms with Gasteiger partial charge >= 0.3 is 0 Å². The minimum absolute atomic E-state index is 0.728. The lowest BCUT2D eigenvalue weighted by Gasteiger charge is -2.29. The van der Waals surface area contributed by atoms with Crippen molar-refractivity contribution in [3.05, 3.63) is 12.4 Å². The van der Waals surface area contributed by atoms with Crippen molar-refractivity contribution in [3.8, 4) is 0 Å². The topological polar surface area (TPSA) is 42.7 Å². The van der Waals surface area contributed by atoms with Gasteiger partial charge in [0, 0.05) is 18.8 Å². The molecule has 0 bridgehead atoms. The van der Waals surface area contributed by atoms with Gasteiger partial charge < -0.3 is 5.32 Å². The van der Waals surface area contributed by atoms with E-state index in [2.05, 4.69) is 22.6 Å². The summed E-state index contributed by atoms with van der Waals surface area (Å²) in [5.41, 5.74) is 0. The Morgan fingerprint density at radius 2 is 2.12 bits per heavy atom. The van der Waals surface area contributed by atoms with Gasteiger partial charge in [0.1, 0.15) is 0 Å². The first-order valence-electron chi connectivity index (χ1n) is 6.96. The van der Waals surface area contributed by atoms with Gasteiger partial charge in [0.05, 0.1) is 12.7 Å². The Bertz CT molecular complexity index is 288. The predicted octanol–water partition coefficient (Wildman–Crippen LogP) is 2.23. The second kappa shape index (κ2) is 6.74. The van der Waals surface area contributed by atoms with Crippen LogP contribution in [-0.2, 0) is 6.54 Å². The molecule has 17 heavy (non-hydrogen) atoms. The molecule has 2 rings (SSSR count). The summed E-state index contributed by atoms with van der Waals surface area (Å²) in [7, 11) is 0. The maximum atomic E-state index is 3.96. The second-order valence-corrected chi connectivity index (χ2v) is 5.13. The van der Waals surface area contributed by atoms with E-state index in [9.17, 15) is 0 Å². The van der Waals surface area contributed by atoms with Gasteiger partial charge in [0.25, 0.3) is 0 Å². The largest absolute Gasteiger partial charge is 0.312 e. The summed E-state index contributed by atoms with van der Waals surface area (Å²) in [4.78, 5) is 0. The Morgan fingerprint density at radius 3 is 2.76 bits per heavy atom. The summed E-state index contributed by atoms with van der Waals surface area (Å²) in [6.07, 6.45) is 11.9. The van der Waals surface area contributed by atoms with Crippen LogP contribution in [-0.4, -0.2) is 27.6 Å². The van der Waals surface area contributed by atoms with Crippen molar-refractivity contribution in [2.75, 3.05) is 6.54 Å². The average molecular weight is 236 g/mol. The van der Waals surface area contributed by atoms with E-state index < -0.39 is 0 Å². The van der Waals surface area contributed by atoms with Crippen molar-refractivity contribution >= 4 is 0 Å². The van der Waals surface area contributed by atoms with Crippen molar-refractivity contribution in [3.63, 3.8) is 0 Å². The summed E-state index contributed by atoms with van der Waals surface area (Å²) < 4.78 is 1.88. The highest BCUT2D eigenvalue weighted by molar-refractivity contribution is 4.77. The SMILES string of the molecule is CCCC1CCC(NCCn2ccnn2)CC1. The van der Waals surface area contributed by atoms with E-state index in [1.807, 2.05) is 10.9 Å². The summed E-state index contributed by atoms with van der Waals surface area (Å²) in [5, 5.41) is 11.4. The van der Waals surface area contributed by atoms with Crippen molar-refractivity contribution in [1.82, 2.24) is 20.3 Å². The molecule has 0 unspecified atom stereocenters. The van der Waals surface area contributed by atoms with Crippen LogP contribution >= 0.6 is 0 Å². The third-order valence-electron chi connectivity index (χ3n) is 3.79. The van der Waals surface area contributed by atoms with E-state index >= 15 is 0 Å². The van der Waals surface area contributed by atoms with Gasteiger partial charge in [-0.15, -0.1) is 5.10 Å². The van der Waals surface area contributed by atoms with E-state index in [0.29, 0.717) is 0 Å². The zero-order chi connectivity index (χ0) is 11.9. The fourth-order valence-electron chi connectivity index (χ4n) is 2.80. The Hall–Kier alpha value is -0.900. The molecule has 0 aromatic carbocycles. The molecule has 1 heterocycles. The van der Waals surface area contributed by atoms with Crippen LogP contribution in [0.3, 0.4) is 0 Å². The third kappa shape index (κ3) is 4.11. The molecule has 96 valence electrons. The lowest BCUT2D eigenvalue weighted by atomic mass is 9.83. The average Bonchev–Trinajstić information content (AvgIpc) is 2.85. The number of nitrogens with zero attached hydrogens (tertiary/aromatic N) is 3. The lowest BCUT2D eigenvalue weighted by molar-refractivity contribution is 0.276. The van der Waals surface area contributed by atoms with Crippen LogP contribution in [0.5, 0.6) is 0 Å². The number of hydrogen-bond donors (Lipinski definition) is 1. The van der Waals surface area contributed by atoms with Crippen LogP contribution in [0.2, 0.25) is 0 Å². The molecule has 0 amide bonds. The number of nitrogens with one attached hydrogen (secondary N) is 1.